The summed E-state index contributed by atoms with van der Waals surface area (Å²) in [5.41, 5.74) is 0.204. The van der Waals surface area contributed by atoms with Gasteiger partial charge in [0.2, 0.25) is 5.91 Å². The molecule has 1 aliphatic rings. The summed E-state index contributed by atoms with van der Waals surface area (Å²) in [4.78, 5) is 13.8. The second-order valence-corrected chi connectivity index (χ2v) is 6.01. The van der Waals surface area contributed by atoms with Gasteiger partial charge in [0, 0.05) is 26.4 Å². The molecule has 0 saturated carbocycles. The summed E-state index contributed by atoms with van der Waals surface area (Å²) in [5.74, 6) is -0.387. The maximum atomic E-state index is 13.7. The summed E-state index contributed by atoms with van der Waals surface area (Å²) in [6.45, 7) is 2.19. The van der Waals surface area contributed by atoms with Gasteiger partial charge in [0.15, 0.2) is 17.5 Å². The van der Waals surface area contributed by atoms with E-state index in [0.29, 0.717) is 38.5 Å². The Hall–Kier alpha value is -2.35. The van der Waals surface area contributed by atoms with Crippen LogP contribution in [-0.2, 0) is 35.5 Å². The first-order valence-electron chi connectivity index (χ1n) is 8.22. The van der Waals surface area contributed by atoms with Crippen LogP contribution in [-0.4, -0.2) is 45.8 Å². The van der Waals surface area contributed by atoms with E-state index >= 15 is 0 Å². The van der Waals surface area contributed by atoms with Crippen LogP contribution in [0.3, 0.4) is 0 Å². The van der Waals surface area contributed by atoms with Crippen LogP contribution in [0, 0.1) is 11.6 Å². The molecule has 25 heavy (non-hydrogen) atoms. The second kappa shape index (κ2) is 7.69. The second-order valence-electron chi connectivity index (χ2n) is 6.01. The van der Waals surface area contributed by atoms with Crippen molar-refractivity contribution < 1.29 is 18.3 Å². The molecule has 0 radical (unpaired) electrons. The van der Waals surface area contributed by atoms with E-state index < -0.39 is 11.6 Å². The number of nitrogens with zero attached hydrogens (tertiary/aromatic N) is 4. The number of fused-ring (bicyclic) bond motifs is 1. The van der Waals surface area contributed by atoms with E-state index in [9.17, 15) is 13.6 Å². The minimum atomic E-state index is -0.897. The monoisotopic (exact) mass is 350 g/mol. The molecule has 1 aromatic heterocycles. The summed E-state index contributed by atoms with van der Waals surface area (Å²) in [6.07, 6.45) is 0.947. The van der Waals surface area contributed by atoms with Gasteiger partial charge in [-0.25, -0.2) is 8.78 Å². The normalized spacial score (nSPS) is 14.0. The number of benzene rings is 1. The van der Waals surface area contributed by atoms with E-state index in [-0.39, 0.29) is 24.3 Å². The van der Waals surface area contributed by atoms with Gasteiger partial charge < -0.3 is 14.2 Å². The Morgan fingerprint density at radius 3 is 3.00 bits per heavy atom. The molecule has 3 rings (SSSR count). The Bertz CT molecular complexity index is 763. The predicted molar refractivity (Wildman–Crippen MR) is 85.7 cm³/mol. The molecule has 0 saturated heterocycles. The zero-order valence-corrected chi connectivity index (χ0v) is 14.0. The highest BCUT2D eigenvalue weighted by molar-refractivity contribution is 5.76. The molecule has 2 heterocycles. The molecule has 1 aliphatic heterocycles. The largest absolute Gasteiger partial charge is 0.379 e. The van der Waals surface area contributed by atoms with Gasteiger partial charge in [-0.15, -0.1) is 10.2 Å². The predicted octanol–water partition coefficient (Wildman–Crippen LogP) is 1.72. The molecule has 134 valence electrons. The Morgan fingerprint density at radius 1 is 1.32 bits per heavy atom. The number of aryl methyl sites for hydroxylation is 1. The number of carbonyl (C=O) groups excluding carboxylic acids is 1. The summed E-state index contributed by atoms with van der Waals surface area (Å²) in [5, 5.41) is 8.31. The molecule has 0 atom stereocenters. The quantitative estimate of drug-likeness (QED) is 0.824. The van der Waals surface area contributed by atoms with E-state index in [0.717, 1.165) is 11.9 Å². The minimum Gasteiger partial charge on any atom is -0.379 e. The Balaban J connectivity index is 1.60. The third-order valence-corrected chi connectivity index (χ3v) is 4.28. The number of aromatic nitrogens is 3. The zero-order valence-electron chi connectivity index (χ0n) is 14.0. The van der Waals surface area contributed by atoms with Crippen molar-refractivity contribution in [2.75, 3.05) is 20.3 Å². The van der Waals surface area contributed by atoms with E-state index in [1.165, 1.54) is 17.0 Å². The van der Waals surface area contributed by atoms with Crippen LogP contribution in [0.4, 0.5) is 8.78 Å². The van der Waals surface area contributed by atoms with Gasteiger partial charge in [-0.3, -0.25) is 4.79 Å². The van der Waals surface area contributed by atoms with E-state index in [1.54, 1.807) is 7.05 Å². The number of amides is 1. The number of halogens is 2. The lowest BCUT2D eigenvalue weighted by atomic mass is 10.1. The molecule has 0 bridgehead atoms. The molecule has 8 heteroatoms. The maximum Gasteiger partial charge on any atom is 0.223 e. The van der Waals surface area contributed by atoms with Crippen LogP contribution in [0.2, 0.25) is 0 Å². The molecule has 0 N–H and O–H groups in total. The van der Waals surface area contributed by atoms with Gasteiger partial charge in [0.25, 0.3) is 0 Å². The van der Waals surface area contributed by atoms with Crippen LogP contribution in [0.25, 0.3) is 0 Å². The fourth-order valence-corrected chi connectivity index (χ4v) is 2.83. The number of carbonyl (C=O) groups is 1. The van der Waals surface area contributed by atoms with E-state index in [1.807, 2.05) is 4.57 Å². The first kappa shape index (κ1) is 17.5. The van der Waals surface area contributed by atoms with E-state index in [4.69, 9.17) is 4.74 Å². The van der Waals surface area contributed by atoms with Gasteiger partial charge in [-0.05, 0) is 18.1 Å². The third-order valence-electron chi connectivity index (χ3n) is 4.28. The standard InChI is InChI=1S/C17H20F2N4O2/c1-22(11-15-21-20-14-7-9-25-10-8-23(14)15)16(24)6-5-12-3-2-4-13(18)17(12)19/h2-4H,5-11H2,1H3. The first-order valence-corrected chi connectivity index (χ1v) is 8.22. The van der Waals surface area contributed by atoms with E-state index in [2.05, 4.69) is 10.2 Å². The highest BCUT2D eigenvalue weighted by atomic mass is 19.2. The molecule has 6 nitrogen and oxygen atoms in total. The molecule has 0 unspecified atom stereocenters. The molecule has 1 aromatic carbocycles. The SMILES string of the molecule is CN(Cc1nnc2n1CCOCC2)C(=O)CCc1cccc(F)c1F. The van der Waals surface area contributed by atoms with Crippen molar-refractivity contribution in [1.29, 1.82) is 0 Å². The molecule has 0 spiro atoms. The smallest absolute Gasteiger partial charge is 0.223 e. The highest BCUT2D eigenvalue weighted by Gasteiger charge is 2.18. The third kappa shape index (κ3) is 4.01. The van der Waals surface area contributed by atoms with Crippen LogP contribution in [0.15, 0.2) is 18.2 Å². The fourth-order valence-electron chi connectivity index (χ4n) is 2.83. The van der Waals surface area contributed by atoms with Gasteiger partial charge in [-0.2, -0.15) is 0 Å². The molecule has 2 aromatic rings. The number of ether oxygens (including phenoxy) is 1. The van der Waals surface area contributed by atoms with Crippen molar-refractivity contribution in [3.8, 4) is 0 Å². The van der Waals surface area contributed by atoms with Gasteiger partial charge in [0.1, 0.15) is 5.82 Å². The van der Waals surface area contributed by atoms with Crippen molar-refractivity contribution in [2.24, 2.45) is 0 Å². The van der Waals surface area contributed by atoms with Gasteiger partial charge in [-0.1, -0.05) is 12.1 Å². The lowest BCUT2D eigenvalue weighted by Crippen LogP contribution is -2.28. The Morgan fingerprint density at radius 2 is 2.16 bits per heavy atom. The van der Waals surface area contributed by atoms with Crippen molar-refractivity contribution in [3.63, 3.8) is 0 Å². The molecule has 1 amide bonds. The van der Waals surface area contributed by atoms with Crippen molar-refractivity contribution >= 4 is 5.91 Å². The Kier molecular flexibility index (Phi) is 5.37. The van der Waals surface area contributed by atoms with Gasteiger partial charge in [0.05, 0.1) is 19.8 Å². The molecule has 0 aliphatic carbocycles. The average molecular weight is 350 g/mol. The molecular weight excluding hydrogens is 330 g/mol. The number of rotatable bonds is 5. The fraction of sp³-hybridized carbons (Fsp3) is 0.471. The summed E-state index contributed by atoms with van der Waals surface area (Å²) >= 11 is 0. The summed E-state index contributed by atoms with van der Waals surface area (Å²) < 4.78 is 34.3. The van der Waals surface area contributed by atoms with Crippen molar-refractivity contribution in [1.82, 2.24) is 19.7 Å². The van der Waals surface area contributed by atoms with Crippen LogP contribution < -0.4 is 0 Å². The average Bonchev–Trinajstić information content (AvgIpc) is 2.82. The first-order chi connectivity index (χ1) is 12.1. The maximum absolute atomic E-state index is 13.7. The lowest BCUT2D eigenvalue weighted by Gasteiger charge is -2.17. The minimum absolute atomic E-state index is 0.0982. The van der Waals surface area contributed by atoms with Crippen LogP contribution >= 0.6 is 0 Å². The van der Waals surface area contributed by atoms with Crippen LogP contribution in [0.1, 0.15) is 23.6 Å². The molecular formula is C17H20F2N4O2. The van der Waals surface area contributed by atoms with Crippen molar-refractivity contribution in [3.05, 3.63) is 47.0 Å². The molecule has 0 fully saturated rings. The van der Waals surface area contributed by atoms with Crippen molar-refractivity contribution in [2.45, 2.75) is 32.4 Å². The number of hydrogen-bond donors (Lipinski definition) is 0. The Labute approximate surface area is 144 Å². The van der Waals surface area contributed by atoms with Crippen LogP contribution in [0.5, 0.6) is 0 Å². The number of hydrogen-bond acceptors (Lipinski definition) is 4. The topological polar surface area (TPSA) is 60.3 Å². The zero-order chi connectivity index (χ0) is 17.8. The lowest BCUT2D eigenvalue weighted by molar-refractivity contribution is -0.130. The van der Waals surface area contributed by atoms with Gasteiger partial charge >= 0.3 is 0 Å². The summed E-state index contributed by atoms with van der Waals surface area (Å²) in [7, 11) is 1.67. The summed E-state index contributed by atoms with van der Waals surface area (Å²) in [6, 6.07) is 3.99. The highest BCUT2D eigenvalue weighted by Crippen LogP contribution is 2.14.